The van der Waals surface area contributed by atoms with Crippen LogP contribution < -0.4 is 0 Å². The lowest BCUT2D eigenvalue weighted by Crippen LogP contribution is -2.64. The molecule has 4 rings (SSSR count). The molecule has 2 atom stereocenters. The second-order valence-corrected chi connectivity index (χ2v) is 13.7. The number of carbonyl (C=O) groups is 4. The third kappa shape index (κ3) is 6.51. The molecule has 2 aromatic rings. The van der Waals surface area contributed by atoms with Crippen molar-refractivity contribution in [3.05, 3.63) is 78.0 Å². The fraction of sp³-hybridized carbons (Fsp3) is 0.424. The van der Waals surface area contributed by atoms with Crippen LogP contribution >= 0.6 is 11.8 Å². The Morgan fingerprint density at radius 3 is 2.10 bits per heavy atom. The predicted octanol–water partition coefficient (Wildman–Crippen LogP) is 5.20. The molecule has 222 valence electrons. The Balaban J connectivity index is 1.92. The minimum Gasteiger partial charge on any atom is -0.304 e. The van der Waals surface area contributed by atoms with E-state index >= 15 is 0 Å². The van der Waals surface area contributed by atoms with Gasteiger partial charge in [0.2, 0.25) is 17.6 Å². The van der Waals surface area contributed by atoms with E-state index in [1.54, 1.807) is 20.0 Å². The topological polar surface area (TPSA) is 90.4 Å². The summed E-state index contributed by atoms with van der Waals surface area (Å²) in [5.41, 5.74) is 1.84. The van der Waals surface area contributed by atoms with Crippen molar-refractivity contribution in [1.82, 2.24) is 14.9 Å². The highest BCUT2D eigenvalue weighted by Crippen LogP contribution is 2.36. The van der Waals surface area contributed by atoms with Crippen molar-refractivity contribution in [2.75, 3.05) is 6.54 Å². The van der Waals surface area contributed by atoms with Crippen molar-refractivity contribution in [2.45, 2.75) is 71.7 Å². The third-order valence-corrected chi connectivity index (χ3v) is 8.50. The summed E-state index contributed by atoms with van der Waals surface area (Å²) in [7, 11) is 0. The lowest BCUT2D eigenvalue weighted by molar-refractivity contribution is -0.168. The van der Waals surface area contributed by atoms with Crippen LogP contribution in [-0.2, 0) is 25.6 Å². The van der Waals surface area contributed by atoms with E-state index in [9.17, 15) is 19.2 Å². The molecule has 0 saturated carbocycles. The molecule has 2 aliphatic rings. The molecule has 0 saturated heterocycles. The van der Waals surface area contributed by atoms with Gasteiger partial charge in [-0.05, 0) is 25.3 Å². The molecule has 0 N–H and O–H groups in total. The average Bonchev–Trinajstić information content (AvgIpc) is 3.32. The summed E-state index contributed by atoms with van der Waals surface area (Å²) in [5, 5.41) is 2.97. The van der Waals surface area contributed by atoms with E-state index in [-0.39, 0.29) is 34.7 Å². The summed E-state index contributed by atoms with van der Waals surface area (Å²) >= 11 is 1.39. The van der Waals surface area contributed by atoms with E-state index in [0.717, 1.165) is 5.56 Å². The minimum absolute atomic E-state index is 0.187. The normalized spacial score (nSPS) is 19.1. The van der Waals surface area contributed by atoms with Crippen LogP contribution in [0.3, 0.4) is 0 Å². The van der Waals surface area contributed by atoms with Gasteiger partial charge in [-0.25, -0.2) is 10.0 Å². The number of Topliss-reactive ketones (excluding diaryl/α,β-unsaturated/α-hetero) is 1. The second-order valence-electron chi connectivity index (χ2n) is 12.0. The van der Waals surface area contributed by atoms with Crippen molar-refractivity contribution >= 4 is 46.0 Å². The van der Waals surface area contributed by atoms with Crippen molar-refractivity contribution < 1.29 is 19.2 Å². The van der Waals surface area contributed by atoms with Crippen molar-refractivity contribution in [1.29, 1.82) is 0 Å². The molecule has 0 spiro atoms. The zero-order valence-electron chi connectivity index (χ0n) is 25.4. The molecule has 2 heterocycles. The molecule has 3 amide bonds. The van der Waals surface area contributed by atoms with E-state index in [4.69, 9.17) is 0 Å². The van der Waals surface area contributed by atoms with Gasteiger partial charge in [-0.3, -0.25) is 24.2 Å². The van der Waals surface area contributed by atoms with Gasteiger partial charge in [-0.1, -0.05) is 100 Å². The van der Waals surface area contributed by atoms with Crippen molar-refractivity contribution in [3.63, 3.8) is 0 Å². The smallest absolute Gasteiger partial charge is 0.269 e. The lowest BCUT2D eigenvalue weighted by atomic mass is 9.96. The molecule has 0 aromatic heterocycles. The highest BCUT2D eigenvalue weighted by Gasteiger charge is 2.47. The van der Waals surface area contributed by atoms with Gasteiger partial charge in [-0.15, -0.1) is 0 Å². The molecule has 2 aromatic carbocycles. The van der Waals surface area contributed by atoms with Crippen LogP contribution in [0, 0.1) is 11.8 Å². The summed E-state index contributed by atoms with van der Waals surface area (Å²) in [5.74, 6) is -2.02. The molecule has 0 bridgehead atoms. The zero-order valence-corrected chi connectivity index (χ0v) is 26.2. The number of aliphatic imine (C=N–C) groups is 1. The number of benzene rings is 2. The second kappa shape index (κ2) is 12.7. The van der Waals surface area contributed by atoms with Crippen LogP contribution in [0.15, 0.2) is 71.9 Å². The summed E-state index contributed by atoms with van der Waals surface area (Å²) in [6.07, 6.45) is 1.85. The Morgan fingerprint density at radius 1 is 1.00 bits per heavy atom. The van der Waals surface area contributed by atoms with Crippen LogP contribution in [0.2, 0.25) is 0 Å². The standard InChI is InChI=1S/C33H40N4O4S/c1-21(2)28-32(41)37(27(25-16-12-9-13-17-25)19-35(28)31(40)22(3)4)36(23(5)38)26(18-24-14-10-8-11-15-24)29(39)30-34-20-33(6,7)42-30/h8-17,19,21-22,26,28H,18,20H2,1-7H3/t26-,28+/m0/s1. The largest absolute Gasteiger partial charge is 0.304 e. The summed E-state index contributed by atoms with van der Waals surface area (Å²) in [4.78, 5) is 62.0. The van der Waals surface area contributed by atoms with Crippen LogP contribution in [0.4, 0.5) is 0 Å². The Labute approximate surface area is 252 Å². The van der Waals surface area contributed by atoms with Gasteiger partial charge in [-0.2, -0.15) is 0 Å². The molecule has 0 unspecified atom stereocenters. The first-order chi connectivity index (χ1) is 19.8. The van der Waals surface area contributed by atoms with E-state index < -0.39 is 23.9 Å². The molecule has 0 aliphatic carbocycles. The fourth-order valence-electron chi connectivity index (χ4n) is 5.25. The zero-order chi connectivity index (χ0) is 30.8. The third-order valence-electron chi connectivity index (χ3n) is 7.30. The summed E-state index contributed by atoms with van der Waals surface area (Å²) in [6.45, 7) is 13.2. The monoisotopic (exact) mass is 588 g/mol. The first-order valence-corrected chi connectivity index (χ1v) is 15.2. The number of hydrazine groups is 1. The lowest BCUT2D eigenvalue weighted by Gasteiger charge is -2.47. The van der Waals surface area contributed by atoms with E-state index in [1.807, 2.05) is 88.4 Å². The van der Waals surface area contributed by atoms with Gasteiger partial charge in [0, 0.05) is 35.8 Å². The number of thioether (sulfide) groups is 1. The van der Waals surface area contributed by atoms with E-state index in [2.05, 4.69) is 4.99 Å². The first-order valence-electron chi connectivity index (χ1n) is 14.4. The first kappa shape index (κ1) is 31.2. The Morgan fingerprint density at radius 2 is 1.60 bits per heavy atom. The van der Waals surface area contributed by atoms with Gasteiger partial charge in [0.05, 0.1) is 12.2 Å². The van der Waals surface area contributed by atoms with Gasteiger partial charge in [0.1, 0.15) is 17.1 Å². The van der Waals surface area contributed by atoms with E-state index in [0.29, 0.717) is 22.8 Å². The van der Waals surface area contributed by atoms with Crippen LogP contribution in [0.5, 0.6) is 0 Å². The number of ketones is 1. The maximum Gasteiger partial charge on any atom is 0.269 e. The van der Waals surface area contributed by atoms with Gasteiger partial charge < -0.3 is 4.90 Å². The van der Waals surface area contributed by atoms with Gasteiger partial charge in [0.25, 0.3) is 5.91 Å². The van der Waals surface area contributed by atoms with Gasteiger partial charge >= 0.3 is 0 Å². The number of nitrogens with zero attached hydrogens (tertiary/aromatic N) is 4. The quantitative estimate of drug-likeness (QED) is 0.402. The van der Waals surface area contributed by atoms with Crippen molar-refractivity contribution in [2.24, 2.45) is 16.8 Å². The molecule has 8 nitrogen and oxygen atoms in total. The molecule has 9 heteroatoms. The van der Waals surface area contributed by atoms with Crippen LogP contribution in [-0.4, -0.2) is 66.8 Å². The maximum atomic E-state index is 14.6. The molecule has 42 heavy (non-hydrogen) atoms. The number of hydrogen-bond donors (Lipinski definition) is 0. The Hall–Kier alpha value is -3.72. The Bertz CT molecular complexity index is 1400. The highest BCUT2D eigenvalue weighted by molar-refractivity contribution is 8.17. The average molecular weight is 589 g/mol. The number of rotatable bonds is 9. The number of amides is 3. The Kier molecular flexibility index (Phi) is 9.40. The summed E-state index contributed by atoms with van der Waals surface area (Å²) in [6, 6.07) is 16.7. The number of hydrogen-bond acceptors (Lipinski definition) is 6. The fourth-order valence-corrected chi connectivity index (χ4v) is 6.27. The summed E-state index contributed by atoms with van der Waals surface area (Å²) < 4.78 is -0.250. The van der Waals surface area contributed by atoms with Crippen molar-refractivity contribution in [3.8, 4) is 0 Å². The molecular formula is C33H40N4O4S. The molecule has 2 aliphatic heterocycles. The number of carbonyl (C=O) groups excluding carboxylic acids is 4. The molecule has 0 fully saturated rings. The maximum absolute atomic E-state index is 14.6. The highest BCUT2D eigenvalue weighted by atomic mass is 32.2. The minimum atomic E-state index is -1.04. The van der Waals surface area contributed by atoms with Crippen LogP contribution in [0.1, 0.15) is 59.6 Å². The predicted molar refractivity (Wildman–Crippen MR) is 167 cm³/mol. The van der Waals surface area contributed by atoms with E-state index in [1.165, 1.54) is 33.6 Å². The molecule has 0 radical (unpaired) electrons. The van der Waals surface area contributed by atoms with Gasteiger partial charge in [0.15, 0.2) is 0 Å². The van der Waals surface area contributed by atoms with Crippen LogP contribution in [0.25, 0.3) is 5.70 Å². The molecular weight excluding hydrogens is 548 g/mol. The SMILES string of the molecule is CC(=O)N([C@@H](Cc1ccccc1)C(=O)C1=NCC(C)(C)S1)N1C(=O)[C@@H](C(C)C)N(C(=O)C(C)C)C=C1c1ccccc1.